The van der Waals surface area contributed by atoms with E-state index in [1.165, 1.54) is 27.6 Å². The van der Waals surface area contributed by atoms with Crippen molar-refractivity contribution in [3.05, 3.63) is 63.6 Å². The third-order valence-corrected chi connectivity index (χ3v) is 5.02. The number of halogens is 1. The fourth-order valence-electron chi connectivity index (χ4n) is 3.07. The van der Waals surface area contributed by atoms with Crippen molar-refractivity contribution in [3.8, 4) is 5.75 Å². The van der Waals surface area contributed by atoms with Crippen LogP contribution in [0.15, 0.2) is 46.9 Å². The molecular formula is C18H20BrNO. The molecule has 0 heterocycles. The van der Waals surface area contributed by atoms with Gasteiger partial charge in [0, 0.05) is 16.6 Å². The van der Waals surface area contributed by atoms with E-state index in [1.807, 2.05) is 12.1 Å². The molecule has 0 aromatic heterocycles. The summed E-state index contributed by atoms with van der Waals surface area (Å²) >= 11 is 3.66. The Morgan fingerprint density at radius 1 is 1.19 bits per heavy atom. The lowest BCUT2D eigenvalue weighted by Gasteiger charge is -2.21. The molecule has 110 valence electrons. The first-order valence-electron chi connectivity index (χ1n) is 7.36. The van der Waals surface area contributed by atoms with Gasteiger partial charge in [-0.05, 0) is 54.7 Å². The van der Waals surface area contributed by atoms with E-state index < -0.39 is 0 Å². The Morgan fingerprint density at radius 3 is 2.67 bits per heavy atom. The van der Waals surface area contributed by atoms with Crippen molar-refractivity contribution in [2.24, 2.45) is 0 Å². The molecule has 1 aliphatic carbocycles. The molecule has 0 spiro atoms. The Hall–Kier alpha value is -1.32. The summed E-state index contributed by atoms with van der Waals surface area (Å²) in [6.45, 7) is 2.22. The monoisotopic (exact) mass is 345 g/mol. The smallest absolute Gasteiger partial charge is 0.118 e. The van der Waals surface area contributed by atoms with Gasteiger partial charge in [-0.1, -0.05) is 40.2 Å². The second kappa shape index (κ2) is 6.20. The van der Waals surface area contributed by atoms with Crippen LogP contribution >= 0.6 is 15.9 Å². The molecule has 2 atom stereocenters. The summed E-state index contributed by atoms with van der Waals surface area (Å²) in [5.41, 5.74) is 4.18. The Kier molecular flexibility index (Phi) is 4.32. The standard InChI is InChI=1S/C18H20BrNO/c1-12(13-6-8-14(21-2)9-7-13)20-18-11-10-15-16(18)4-3-5-17(15)19/h3-9,12,18,20H,10-11H2,1-2H3/t12-,18?/m1/s1. The van der Waals surface area contributed by atoms with E-state index in [9.17, 15) is 0 Å². The van der Waals surface area contributed by atoms with E-state index in [-0.39, 0.29) is 0 Å². The molecule has 0 fully saturated rings. The molecule has 0 radical (unpaired) electrons. The van der Waals surface area contributed by atoms with Gasteiger partial charge in [0.2, 0.25) is 0 Å². The average molecular weight is 346 g/mol. The number of methoxy groups -OCH3 is 1. The minimum absolute atomic E-state index is 0.325. The van der Waals surface area contributed by atoms with Gasteiger partial charge in [-0.15, -0.1) is 0 Å². The van der Waals surface area contributed by atoms with Crippen molar-refractivity contribution < 1.29 is 4.74 Å². The fourth-order valence-corrected chi connectivity index (χ4v) is 3.65. The summed E-state index contributed by atoms with van der Waals surface area (Å²) in [5.74, 6) is 0.904. The Bertz CT molecular complexity index is 624. The molecule has 1 aliphatic rings. The predicted octanol–water partition coefficient (Wildman–Crippen LogP) is 4.80. The molecule has 1 N–H and O–H groups in total. The molecule has 0 amide bonds. The predicted molar refractivity (Wildman–Crippen MR) is 89.7 cm³/mol. The van der Waals surface area contributed by atoms with Crippen LogP contribution in [0.25, 0.3) is 0 Å². The normalized spacial score (nSPS) is 18.3. The number of hydrogen-bond acceptors (Lipinski definition) is 2. The van der Waals surface area contributed by atoms with E-state index in [1.54, 1.807) is 7.11 Å². The summed E-state index contributed by atoms with van der Waals surface area (Å²) in [6.07, 6.45) is 2.31. The second-order valence-corrected chi connectivity index (χ2v) is 6.41. The Labute approximate surface area is 134 Å². The average Bonchev–Trinajstić information content (AvgIpc) is 2.92. The first-order chi connectivity index (χ1) is 10.2. The van der Waals surface area contributed by atoms with Crippen molar-refractivity contribution >= 4 is 15.9 Å². The van der Waals surface area contributed by atoms with E-state index in [0.29, 0.717) is 12.1 Å². The molecule has 3 rings (SSSR count). The molecular weight excluding hydrogens is 326 g/mol. The number of hydrogen-bond donors (Lipinski definition) is 1. The van der Waals surface area contributed by atoms with E-state index in [4.69, 9.17) is 4.74 Å². The molecule has 0 bridgehead atoms. The largest absolute Gasteiger partial charge is 0.497 e. The number of rotatable bonds is 4. The molecule has 21 heavy (non-hydrogen) atoms. The first kappa shape index (κ1) is 14.6. The van der Waals surface area contributed by atoms with Crippen molar-refractivity contribution in [1.82, 2.24) is 5.32 Å². The van der Waals surface area contributed by atoms with Crippen molar-refractivity contribution in [2.45, 2.75) is 31.8 Å². The lowest BCUT2D eigenvalue weighted by Crippen LogP contribution is -2.22. The zero-order valence-corrected chi connectivity index (χ0v) is 14.0. The molecule has 3 heteroatoms. The summed E-state index contributed by atoms with van der Waals surface area (Å²) in [5, 5.41) is 3.75. The van der Waals surface area contributed by atoms with Crippen LogP contribution in [0.3, 0.4) is 0 Å². The topological polar surface area (TPSA) is 21.3 Å². The van der Waals surface area contributed by atoms with Crippen LogP contribution in [-0.2, 0) is 6.42 Å². The van der Waals surface area contributed by atoms with Gasteiger partial charge in [0.25, 0.3) is 0 Å². The molecule has 2 aromatic carbocycles. The number of benzene rings is 2. The van der Waals surface area contributed by atoms with Gasteiger partial charge < -0.3 is 10.1 Å². The van der Waals surface area contributed by atoms with Gasteiger partial charge in [-0.2, -0.15) is 0 Å². The maximum Gasteiger partial charge on any atom is 0.118 e. The van der Waals surface area contributed by atoms with Crippen LogP contribution in [0.4, 0.5) is 0 Å². The maximum absolute atomic E-state index is 5.22. The third-order valence-electron chi connectivity index (χ3n) is 4.28. The summed E-state index contributed by atoms with van der Waals surface area (Å²) in [7, 11) is 1.70. The van der Waals surface area contributed by atoms with Gasteiger partial charge in [-0.25, -0.2) is 0 Å². The van der Waals surface area contributed by atoms with Crippen molar-refractivity contribution in [1.29, 1.82) is 0 Å². The number of nitrogens with one attached hydrogen (secondary N) is 1. The van der Waals surface area contributed by atoms with Crippen molar-refractivity contribution in [3.63, 3.8) is 0 Å². The Morgan fingerprint density at radius 2 is 1.95 bits per heavy atom. The highest BCUT2D eigenvalue weighted by Gasteiger charge is 2.25. The Balaban J connectivity index is 1.74. The molecule has 0 saturated carbocycles. The quantitative estimate of drug-likeness (QED) is 0.859. The highest BCUT2D eigenvalue weighted by Crippen LogP contribution is 2.36. The SMILES string of the molecule is COc1ccc([C@@H](C)NC2CCc3c(Br)cccc32)cc1. The zero-order chi connectivity index (χ0) is 14.8. The van der Waals surface area contributed by atoms with E-state index in [2.05, 4.69) is 58.5 Å². The highest BCUT2D eigenvalue weighted by molar-refractivity contribution is 9.10. The van der Waals surface area contributed by atoms with Gasteiger partial charge in [-0.3, -0.25) is 0 Å². The summed E-state index contributed by atoms with van der Waals surface area (Å²) in [6, 6.07) is 15.6. The van der Waals surface area contributed by atoms with Crippen LogP contribution in [0.1, 0.15) is 42.1 Å². The maximum atomic E-state index is 5.22. The number of fused-ring (bicyclic) bond motifs is 1. The second-order valence-electron chi connectivity index (χ2n) is 5.56. The van der Waals surface area contributed by atoms with Crippen LogP contribution in [0.5, 0.6) is 5.75 Å². The molecule has 2 aromatic rings. The van der Waals surface area contributed by atoms with Crippen LogP contribution in [0.2, 0.25) is 0 Å². The third kappa shape index (κ3) is 2.99. The lowest BCUT2D eigenvalue weighted by molar-refractivity contribution is 0.414. The van der Waals surface area contributed by atoms with E-state index >= 15 is 0 Å². The van der Waals surface area contributed by atoms with Gasteiger partial charge in [0.15, 0.2) is 0 Å². The first-order valence-corrected chi connectivity index (χ1v) is 8.15. The number of ether oxygens (including phenoxy) is 1. The molecule has 2 nitrogen and oxygen atoms in total. The minimum atomic E-state index is 0.325. The zero-order valence-electron chi connectivity index (χ0n) is 12.4. The van der Waals surface area contributed by atoms with E-state index in [0.717, 1.165) is 12.2 Å². The van der Waals surface area contributed by atoms with Crippen molar-refractivity contribution in [2.75, 3.05) is 7.11 Å². The summed E-state index contributed by atoms with van der Waals surface area (Å²) in [4.78, 5) is 0. The fraction of sp³-hybridized carbons (Fsp3) is 0.333. The highest BCUT2D eigenvalue weighted by atomic mass is 79.9. The van der Waals surface area contributed by atoms with Crippen LogP contribution in [0, 0.1) is 0 Å². The van der Waals surface area contributed by atoms with Crippen LogP contribution in [-0.4, -0.2) is 7.11 Å². The molecule has 1 unspecified atom stereocenters. The molecule has 0 saturated heterocycles. The van der Waals surface area contributed by atoms with Gasteiger partial charge in [0.05, 0.1) is 7.11 Å². The minimum Gasteiger partial charge on any atom is -0.497 e. The molecule has 0 aliphatic heterocycles. The lowest BCUT2D eigenvalue weighted by atomic mass is 10.0. The van der Waals surface area contributed by atoms with Crippen LogP contribution < -0.4 is 10.1 Å². The van der Waals surface area contributed by atoms with Gasteiger partial charge >= 0.3 is 0 Å². The van der Waals surface area contributed by atoms with Gasteiger partial charge in [0.1, 0.15) is 5.75 Å². The summed E-state index contributed by atoms with van der Waals surface area (Å²) < 4.78 is 6.45.